The molecule has 0 saturated heterocycles. The molecule has 0 aliphatic carbocycles. The molecular weight excluding hydrogens is 146 g/mol. The highest BCUT2D eigenvalue weighted by molar-refractivity contribution is 6.31. The van der Waals surface area contributed by atoms with E-state index >= 15 is 0 Å². The maximum absolute atomic E-state index is 10.5. The van der Waals surface area contributed by atoms with Gasteiger partial charge in [0.25, 0.3) is 0 Å². The largest absolute Gasteiger partial charge is 0.474 e. The van der Waals surface area contributed by atoms with E-state index in [0.717, 1.165) is 6.42 Å². The Morgan fingerprint density at radius 3 is 2.45 bits per heavy atom. The van der Waals surface area contributed by atoms with E-state index in [0.29, 0.717) is 12.5 Å². The summed E-state index contributed by atoms with van der Waals surface area (Å²) in [6.45, 7) is 4.36. The summed E-state index contributed by atoms with van der Waals surface area (Å²) in [6, 6.07) is 0. The molecule has 0 aromatic heterocycles. The quantitative estimate of drug-likeness (QED) is 0.579. The van der Waals surface area contributed by atoms with Crippen LogP contribution < -0.4 is 5.32 Å². The fraction of sp³-hybridized carbons (Fsp3) is 0.714. The first-order chi connectivity index (χ1) is 5.07. The molecule has 0 aromatic carbocycles. The van der Waals surface area contributed by atoms with Crippen molar-refractivity contribution in [2.75, 3.05) is 6.54 Å². The zero-order valence-electron chi connectivity index (χ0n) is 6.76. The lowest BCUT2D eigenvalue weighted by atomic mass is 10.1. The molecule has 1 amide bonds. The molecular formula is C7H13NO3. The summed E-state index contributed by atoms with van der Waals surface area (Å²) >= 11 is 0. The maximum Gasteiger partial charge on any atom is 0.394 e. The van der Waals surface area contributed by atoms with E-state index in [1.807, 2.05) is 13.8 Å². The van der Waals surface area contributed by atoms with Gasteiger partial charge in [0.1, 0.15) is 0 Å². The Balaban J connectivity index is 3.54. The molecule has 0 aliphatic heterocycles. The van der Waals surface area contributed by atoms with Crippen molar-refractivity contribution in [3.05, 3.63) is 0 Å². The first kappa shape index (κ1) is 9.94. The minimum absolute atomic E-state index is 0.332. The first-order valence-electron chi connectivity index (χ1n) is 3.59. The molecule has 0 fully saturated rings. The Bertz CT molecular complexity index is 156. The topological polar surface area (TPSA) is 66.4 Å². The van der Waals surface area contributed by atoms with Crippen molar-refractivity contribution in [2.24, 2.45) is 5.92 Å². The van der Waals surface area contributed by atoms with Gasteiger partial charge in [-0.2, -0.15) is 0 Å². The molecule has 11 heavy (non-hydrogen) atoms. The van der Waals surface area contributed by atoms with Crippen LogP contribution in [-0.2, 0) is 9.59 Å². The Morgan fingerprint density at radius 1 is 1.55 bits per heavy atom. The predicted octanol–water partition coefficient (Wildman–Crippen LogP) is 0.233. The number of hydrogen-bond donors (Lipinski definition) is 2. The number of hydrogen-bond acceptors (Lipinski definition) is 2. The smallest absolute Gasteiger partial charge is 0.394 e. The summed E-state index contributed by atoms with van der Waals surface area (Å²) in [5, 5.41) is 10.4. The van der Waals surface area contributed by atoms with Crippen LogP contribution in [0.25, 0.3) is 0 Å². The second kappa shape index (κ2) is 4.71. The number of nitrogens with one attached hydrogen (secondary N) is 1. The minimum Gasteiger partial charge on any atom is -0.474 e. The summed E-state index contributed by atoms with van der Waals surface area (Å²) in [5.74, 6) is -2.02. The summed E-state index contributed by atoms with van der Waals surface area (Å²) < 4.78 is 0. The summed E-state index contributed by atoms with van der Waals surface area (Å²) in [7, 11) is 0. The van der Waals surface area contributed by atoms with Gasteiger partial charge in [0.05, 0.1) is 0 Å². The van der Waals surface area contributed by atoms with Gasteiger partial charge in [-0.3, -0.25) is 4.79 Å². The van der Waals surface area contributed by atoms with Crippen LogP contribution in [0.1, 0.15) is 20.3 Å². The van der Waals surface area contributed by atoms with Crippen molar-refractivity contribution in [2.45, 2.75) is 20.3 Å². The lowest BCUT2D eigenvalue weighted by Crippen LogP contribution is -2.33. The highest BCUT2D eigenvalue weighted by Gasteiger charge is 2.10. The third kappa shape index (κ3) is 4.36. The number of carboxylic acid groups (broad SMARTS) is 1. The van der Waals surface area contributed by atoms with E-state index in [1.54, 1.807) is 0 Å². The van der Waals surface area contributed by atoms with Gasteiger partial charge in [-0.05, 0) is 5.92 Å². The van der Waals surface area contributed by atoms with Crippen molar-refractivity contribution in [1.82, 2.24) is 5.32 Å². The monoisotopic (exact) mass is 159 g/mol. The molecule has 0 aliphatic rings. The van der Waals surface area contributed by atoms with E-state index < -0.39 is 11.9 Å². The van der Waals surface area contributed by atoms with E-state index in [9.17, 15) is 9.59 Å². The Kier molecular flexibility index (Phi) is 4.26. The molecule has 64 valence electrons. The molecule has 0 saturated carbocycles. The summed E-state index contributed by atoms with van der Waals surface area (Å²) in [6.07, 6.45) is 0.930. The van der Waals surface area contributed by atoms with Gasteiger partial charge >= 0.3 is 11.9 Å². The average molecular weight is 159 g/mol. The fourth-order valence-electron chi connectivity index (χ4n) is 0.487. The molecule has 1 unspecified atom stereocenters. The molecule has 4 nitrogen and oxygen atoms in total. The zero-order chi connectivity index (χ0) is 8.85. The number of amides is 1. The van der Waals surface area contributed by atoms with Crippen LogP contribution in [0.2, 0.25) is 0 Å². The van der Waals surface area contributed by atoms with Crippen molar-refractivity contribution in [3.63, 3.8) is 0 Å². The highest BCUT2D eigenvalue weighted by atomic mass is 16.4. The molecule has 0 bridgehead atoms. The SMILES string of the molecule is CCC(C)CNC(=O)C(=O)O. The second-order valence-corrected chi connectivity index (χ2v) is 2.53. The second-order valence-electron chi connectivity index (χ2n) is 2.53. The van der Waals surface area contributed by atoms with Crippen molar-refractivity contribution in [1.29, 1.82) is 0 Å². The third-order valence-electron chi connectivity index (χ3n) is 1.50. The van der Waals surface area contributed by atoms with Gasteiger partial charge in [0.2, 0.25) is 0 Å². The normalized spacial score (nSPS) is 12.2. The molecule has 0 radical (unpaired) electrons. The molecule has 0 heterocycles. The van der Waals surface area contributed by atoms with Gasteiger partial charge in [0.15, 0.2) is 0 Å². The number of carbonyl (C=O) groups excluding carboxylic acids is 1. The van der Waals surface area contributed by atoms with Crippen molar-refractivity contribution < 1.29 is 14.7 Å². The Morgan fingerprint density at radius 2 is 2.09 bits per heavy atom. The molecule has 0 aromatic rings. The summed E-state index contributed by atoms with van der Waals surface area (Å²) in [5.41, 5.74) is 0. The molecule has 1 atom stereocenters. The lowest BCUT2D eigenvalue weighted by Gasteiger charge is -2.07. The zero-order valence-corrected chi connectivity index (χ0v) is 6.76. The van der Waals surface area contributed by atoms with Crippen LogP contribution in [0.5, 0.6) is 0 Å². The Hall–Kier alpha value is -1.06. The van der Waals surface area contributed by atoms with E-state index in [-0.39, 0.29) is 0 Å². The molecule has 4 heteroatoms. The predicted molar refractivity (Wildman–Crippen MR) is 40.1 cm³/mol. The van der Waals surface area contributed by atoms with Crippen LogP contribution >= 0.6 is 0 Å². The number of rotatable bonds is 3. The van der Waals surface area contributed by atoms with Crippen molar-refractivity contribution >= 4 is 11.9 Å². The van der Waals surface area contributed by atoms with Crippen LogP contribution in [0.4, 0.5) is 0 Å². The molecule has 0 spiro atoms. The third-order valence-corrected chi connectivity index (χ3v) is 1.50. The van der Waals surface area contributed by atoms with Crippen LogP contribution in [-0.4, -0.2) is 23.5 Å². The van der Waals surface area contributed by atoms with Gasteiger partial charge < -0.3 is 10.4 Å². The standard InChI is InChI=1S/C7H13NO3/c1-3-5(2)4-8-6(9)7(10)11/h5H,3-4H2,1-2H3,(H,8,9)(H,10,11). The van der Waals surface area contributed by atoms with Gasteiger partial charge in [-0.15, -0.1) is 0 Å². The van der Waals surface area contributed by atoms with Crippen LogP contribution in [0.3, 0.4) is 0 Å². The maximum atomic E-state index is 10.5. The van der Waals surface area contributed by atoms with E-state index in [2.05, 4.69) is 5.32 Å². The van der Waals surface area contributed by atoms with Crippen LogP contribution in [0.15, 0.2) is 0 Å². The number of aliphatic carboxylic acids is 1. The molecule has 2 N–H and O–H groups in total. The minimum atomic E-state index is -1.42. The Labute approximate surface area is 65.6 Å². The lowest BCUT2D eigenvalue weighted by molar-refractivity contribution is -0.150. The highest BCUT2D eigenvalue weighted by Crippen LogP contribution is 1.96. The van der Waals surface area contributed by atoms with Gasteiger partial charge in [0, 0.05) is 6.54 Å². The van der Waals surface area contributed by atoms with E-state index in [1.165, 1.54) is 0 Å². The fourth-order valence-corrected chi connectivity index (χ4v) is 0.487. The number of carbonyl (C=O) groups is 2. The van der Waals surface area contributed by atoms with Crippen molar-refractivity contribution in [3.8, 4) is 0 Å². The molecule has 0 rings (SSSR count). The summed E-state index contributed by atoms with van der Waals surface area (Å²) in [4.78, 5) is 20.4. The van der Waals surface area contributed by atoms with Gasteiger partial charge in [-0.1, -0.05) is 20.3 Å². The van der Waals surface area contributed by atoms with E-state index in [4.69, 9.17) is 5.11 Å². The average Bonchev–Trinajstić information content (AvgIpc) is 1.99. The first-order valence-corrected chi connectivity index (χ1v) is 3.59. The van der Waals surface area contributed by atoms with Crippen LogP contribution in [0, 0.1) is 5.92 Å². The van der Waals surface area contributed by atoms with Gasteiger partial charge in [-0.25, -0.2) is 4.79 Å². The number of carboxylic acids is 1.